The van der Waals surface area contributed by atoms with Gasteiger partial charge in [0.25, 0.3) is 0 Å². The lowest BCUT2D eigenvalue weighted by atomic mass is 10.0. The van der Waals surface area contributed by atoms with Crippen molar-refractivity contribution >= 4 is 10.4 Å². The van der Waals surface area contributed by atoms with Crippen LogP contribution in [0.25, 0.3) is 0 Å². The van der Waals surface area contributed by atoms with Crippen molar-refractivity contribution in [3.63, 3.8) is 0 Å². The number of hydrogen-bond donors (Lipinski definition) is 1. The van der Waals surface area contributed by atoms with Crippen molar-refractivity contribution in [2.45, 2.75) is 264 Å². The van der Waals surface area contributed by atoms with Gasteiger partial charge in [-0.1, -0.05) is 257 Å². The molecular formula is C42H86O4S. The smallest absolute Gasteiger partial charge is 0.264 e. The molecule has 0 aliphatic heterocycles. The predicted molar refractivity (Wildman–Crippen MR) is 208 cm³/mol. The summed E-state index contributed by atoms with van der Waals surface area (Å²) in [6.45, 7) is 2.40. The van der Waals surface area contributed by atoms with Gasteiger partial charge in [-0.3, -0.25) is 4.55 Å². The zero-order chi connectivity index (χ0) is 34.2. The minimum Gasteiger partial charge on any atom is -0.264 e. The molecule has 0 unspecified atom stereocenters. The topological polar surface area (TPSA) is 63.6 Å². The molecule has 0 aliphatic carbocycles. The van der Waals surface area contributed by atoms with Crippen LogP contribution in [0.5, 0.6) is 0 Å². The van der Waals surface area contributed by atoms with Crippen LogP contribution in [0.15, 0.2) is 0 Å². The standard InChI is InChI=1S/C42H86O4S/c1-2-3-4-5-6-7-8-9-10-11-12-13-14-15-16-17-18-19-20-21-22-23-24-25-26-27-28-29-30-31-32-33-34-35-36-37-38-39-40-41-42-46-47(43,44)45/h2-42H2,1H3,(H,43,44,45). The summed E-state index contributed by atoms with van der Waals surface area (Å²) in [4.78, 5) is 0. The molecule has 284 valence electrons. The summed E-state index contributed by atoms with van der Waals surface area (Å²) >= 11 is 0. The van der Waals surface area contributed by atoms with E-state index in [1.165, 1.54) is 238 Å². The van der Waals surface area contributed by atoms with Crippen LogP contribution in [0.4, 0.5) is 0 Å². The maximum atomic E-state index is 10.5. The average molecular weight is 687 g/mol. The second-order valence-electron chi connectivity index (χ2n) is 15.0. The molecule has 0 radical (unpaired) electrons. The fourth-order valence-corrected chi connectivity index (χ4v) is 7.39. The fourth-order valence-electron chi connectivity index (χ4n) is 7.06. The first-order valence-corrected chi connectivity index (χ1v) is 23.0. The Bertz CT molecular complexity index is 666. The van der Waals surface area contributed by atoms with E-state index in [9.17, 15) is 8.42 Å². The third-order valence-electron chi connectivity index (χ3n) is 10.2. The summed E-state index contributed by atoms with van der Waals surface area (Å²) in [6, 6.07) is 0. The SMILES string of the molecule is CCCCCCCCCCCCCCCCCCCCCCCCCCCCCCCCCCCCCCCCCCOS(=O)(=O)O. The van der Waals surface area contributed by atoms with E-state index in [-0.39, 0.29) is 6.61 Å². The minimum atomic E-state index is -4.26. The van der Waals surface area contributed by atoms with E-state index in [1.54, 1.807) is 0 Å². The summed E-state index contributed by atoms with van der Waals surface area (Å²) in [5.41, 5.74) is 0. The van der Waals surface area contributed by atoms with Crippen LogP contribution in [0, 0.1) is 0 Å². The maximum Gasteiger partial charge on any atom is 0.397 e. The first-order chi connectivity index (χ1) is 23.1. The molecule has 0 saturated carbocycles. The highest BCUT2D eigenvalue weighted by molar-refractivity contribution is 7.80. The molecule has 0 aliphatic rings. The molecule has 0 heterocycles. The van der Waals surface area contributed by atoms with Crippen molar-refractivity contribution < 1.29 is 17.2 Å². The van der Waals surface area contributed by atoms with Crippen molar-refractivity contribution in [3.8, 4) is 0 Å². The zero-order valence-electron chi connectivity index (χ0n) is 32.1. The van der Waals surface area contributed by atoms with Crippen molar-refractivity contribution in [2.75, 3.05) is 6.61 Å². The predicted octanol–water partition coefficient (Wildman–Crippen LogP) is 15.4. The lowest BCUT2D eigenvalue weighted by Crippen LogP contribution is -2.04. The van der Waals surface area contributed by atoms with E-state index in [0.29, 0.717) is 6.42 Å². The molecule has 0 aromatic rings. The Morgan fingerprint density at radius 2 is 0.447 bits per heavy atom. The van der Waals surface area contributed by atoms with Gasteiger partial charge < -0.3 is 0 Å². The molecule has 0 atom stereocenters. The number of unbranched alkanes of at least 4 members (excludes halogenated alkanes) is 39. The van der Waals surface area contributed by atoms with Gasteiger partial charge in [-0.15, -0.1) is 0 Å². The highest BCUT2D eigenvalue weighted by atomic mass is 32.3. The van der Waals surface area contributed by atoms with Gasteiger partial charge >= 0.3 is 10.4 Å². The highest BCUT2D eigenvalue weighted by Crippen LogP contribution is 2.17. The number of rotatable bonds is 42. The monoisotopic (exact) mass is 687 g/mol. The van der Waals surface area contributed by atoms with E-state index in [4.69, 9.17) is 4.55 Å². The molecule has 0 aromatic carbocycles. The van der Waals surface area contributed by atoms with E-state index in [0.717, 1.165) is 12.8 Å². The molecule has 5 heteroatoms. The van der Waals surface area contributed by atoms with Gasteiger partial charge in [-0.2, -0.15) is 8.42 Å². The quantitative estimate of drug-likeness (QED) is 0.0513. The second-order valence-corrected chi connectivity index (χ2v) is 16.1. The Balaban J connectivity index is 3.06. The van der Waals surface area contributed by atoms with E-state index in [2.05, 4.69) is 11.1 Å². The normalized spacial score (nSPS) is 12.0. The Kier molecular flexibility index (Phi) is 40.2. The fraction of sp³-hybridized carbons (Fsp3) is 1.00. The van der Waals surface area contributed by atoms with Crippen LogP contribution in [0.2, 0.25) is 0 Å². The van der Waals surface area contributed by atoms with Crippen molar-refractivity contribution in [2.24, 2.45) is 0 Å². The van der Waals surface area contributed by atoms with Crippen LogP contribution in [0.3, 0.4) is 0 Å². The molecule has 0 saturated heterocycles. The molecule has 0 spiro atoms. The highest BCUT2D eigenvalue weighted by Gasteiger charge is 2.03. The van der Waals surface area contributed by atoms with Crippen molar-refractivity contribution in [1.29, 1.82) is 0 Å². The van der Waals surface area contributed by atoms with E-state index in [1.807, 2.05) is 0 Å². The molecule has 0 aromatic heterocycles. The van der Waals surface area contributed by atoms with Gasteiger partial charge in [-0.05, 0) is 6.42 Å². The van der Waals surface area contributed by atoms with Crippen LogP contribution in [-0.4, -0.2) is 19.6 Å². The van der Waals surface area contributed by atoms with Gasteiger partial charge in [0.05, 0.1) is 6.61 Å². The minimum absolute atomic E-state index is 0.0958. The third-order valence-corrected chi connectivity index (χ3v) is 10.7. The molecule has 1 N–H and O–H groups in total. The lowest BCUT2D eigenvalue weighted by molar-refractivity contribution is 0.261. The first-order valence-electron chi connectivity index (χ1n) is 21.7. The van der Waals surface area contributed by atoms with Crippen molar-refractivity contribution in [1.82, 2.24) is 0 Å². The molecule has 0 fully saturated rings. The maximum absolute atomic E-state index is 10.5. The van der Waals surface area contributed by atoms with E-state index >= 15 is 0 Å². The Hall–Kier alpha value is -0.130. The third kappa shape index (κ3) is 45.9. The van der Waals surface area contributed by atoms with Crippen LogP contribution < -0.4 is 0 Å². The van der Waals surface area contributed by atoms with Gasteiger partial charge in [0.2, 0.25) is 0 Å². The summed E-state index contributed by atoms with van der Waals surface area (Å²) < 4.78 is 33.8. The van der Waals surface area contributed by atoms with Crippen LogP contribution in [-0.2, 0) is 14.6 Å². The average Bonchev–Trinajstić information content (AvgIpc) is 3.05. The van der Waals surface area contributed by atoms with Crippen molar-refractivity contribution in [3.05, 3.63) is 0 Å². The van der Waals surface area contributed by atoms with Gasteiger partial charge in [-0.25, -0.2) is 4.18 Å². The van der Waals surface area contributed by atoms with Crippen LogP contribution in [0.1, 0.15) is 264 Å². The molecule has 47 heavy (non-hydrogen) atoms. The molecular weight excluding hydrogens is 601 g/mol. The lowest BCUT2D eigenvalue weighted by Gasteiger charge is -2.05. The second kappa shape index (κ2) is 40.3. The van der Waals surface area contributed by atoms with Gasteiger partial charge in [0, 0.05) is 0 Å². The first kappa shape index (κ1) is 46.9. The Morgan fingerprint density at radius 1 is 0.298 bits per heavy atom. The van der Waals surface area contributed by atoms with Gasteiger partial charge in [0.1, 0.15) is 0 Å². The molecule has 0 amide bonds. The largest absolute Gasteiger partial charge is 0.397 e. The number of hydrogen-bond acceptors (Lipinski definition) is 3. The Labute approximate surface area is 297 Å². The zero-order valence-corrected chi connectivity index (χ0v) is 32.9. The van der Waals surface area contributed by atoms with Crippen LogP contribution >= 0.6 is 0 Å². The molecule has 0 bridgehead atoms. The van der Waals surface area contributed by atoms with Gasteiger partial charge in [0.15, 0.2) is 0 Å². The molecule has 4 nitrogen and oxygen atoms in total. The van der Waals surface area contributed by atoms with E-state index < -0.39 is 10.4 Å². The summed E-state index contributed by atoms with van der Waals surface area (Å²) in [5, 5.41) is 0. The summed E-state index contributed by atoms with van der Waals surface area (Å²) in [6.07, 6.45) is 56.0. The summed E-state index contributed by atoms with van der Waals surface area (Å²) in [7, 11) is -4.26. The summed E-state index contributed by atoms with van der Waals surface area (Å²) in [5.74, 6) is 0. The molecule has 0 rings (SSSR count). The Morgan fingerprint density at radius 3 is 0.596 bits per heavy atom.